The molecule has 2 bridgehead atoms. The van der Waals surface area contributed by atoms with Crippen molar-refractivity contribution in [2.24, 2.45) is 23.7 Å². The first-order valence-electron chi connectivity index (χ1n) is 8.08. The van der Waals surface area contributed by atoms with Crippen LogP contribution in [0.3, 0.4) is 0 Å². The largest absolute Gasteiger partial charge is 0.274 e. The van der Waals surface area contributed by atoms with Crippen molar-refractivity contribution in [2.45, 2.75) is 18.8 Å². The molecule has 2 aromatic rings. The van der Waals surface area contributed by atoms with Crippen LogP contribution in [0.25, 0.3) is 0 Å². The molecular weight excluding hydrogens is 308 g/mol. The van der Waals surface area contributed by atoms with Crippen LogP contribution in [-0.4, -0.2) is 16.8 Å². The summed E-state index contributed by atoms with van der Waals surface area (Å²) in [6.45, 7) is 0. The number of carbonyl (C=O) groups excluding carboxylic acids is 2. The number of imide groups is 1. The Kier molecular flexibility index (Phi) is 2.77. The van der Waals surface area contributed by atoms with Gasteiger partial charge in [-0.05, 0) is 36.2 Å². The number of hydrogen-bond acceptors (Lipinski definition) is 4. The molecule has 5 atom stereocenters. The van der Waals surface area contributed by atoms with E-state index in [9.17, 15) is 9.59 Å². The maximum atomic E-state index is 12.9. The summed E-state index contributed by atoms with van der Waals surface area (Å²) >= 11 is 1.36. The number of nitrogens with zero attached hydrogens (tertiary/aromatic N) is 2. The summed E-state index contributed by atoms with van der Waals surface area (Å²) in [4.78, 5) is 31.3. The molecule has 1 saturated heterocycles. The van der Waals surface area contributed by atoms with Crippen molar-refractivity contribution in [3.05, 3.63) is 47.5 Å². The Hall–Kier alpha value is -2.01. The lowest BCUT2D eigenvalue weighted by atomic mass is 9.73. The van der Waals surface area contributed by atoms with Gasteiger partial charge in [-0.2, -0.15) is 0 Å². The van der Waals surface area contributed by atoms with E-state index in [4.69, 9.17) is 0 Å². The summed E-state index contributed by atoms with van der Waals surface area (Å²) in [6.07, 6.45) is 3.69. The molecule has 5 heteroatoms. The van der Waals surface area contributed by atoms with Gasteiger partial charge < -0.3 is 0 Å². The second-order valence-corrected chi connectivity index (χ2v) is 7.66. The molecule has 1 aromatic carbocycles. The molecule has 3 aliphatic rings. The minimum absolute atomic E-state index is 0.0195. The van der Waals surface area contributed by atoms with E-state index < -0.39 is 0 Å². The minimum Gasteiger partial charge on any atom is -0.274 e. The molecular formula is C18H16N2O2S. The molecule has 0 unspecified atom stereocenters. The zero-order valence-corrected chi connectivity index (χ0v) is 13.3. The maximum absolute atomic E-state index is 12.9. The summed E-state index contributed by atoms with van der Waals surface area (Å²) in [5, 5.41) is 2.34. The monoisotopic (exact) mass is 324 g/mol. The summed E-state index contributed by atoms with van der Waals surface area (Å²) in [7, 11) is 0. The van der Waals surface area contributed by atoms with Crippen molar-refractivity contribution in [1.29, 1.82) is 0 Å². The lowest BCUT2D eigenvalue weighted by molar-refractivity contribution is -0.123. The van der Waals surface area contributed by atoms with E-state index in [1.807, 2.05) is 11.4 Å². The molecule has 5 rings (SSSR count). The van der Waals surface area contributed by atoms with Crippen molar-refractivity contribution in [1.82, 2.24) is 4.98 Å². The van der Waals surface area contributed by atoms with Gasteiger partial charge in [-0.3, -0.25) is 9.59 Å². The standard InChI is InChI=1S/C18H16N2O2S/c21-16-14-11-8-12(10-4-2-1-3-5-10)13(9-11)15(14)17(22)20(16)18-19-6-7-23-18/h1-7,11-15H,8-9H2/t11-,12+,13+,14+,15-/m0/s1. The predicted molar refractivity (Wildman–Crippen MR) is 87.0 cm³/mol. The molecule has 2 aliphatic carbocycles. The number of carbonyl (C=O) groups is 2. The fraction of sp³-hybridized carbons (Fsp3) is 0.389. The van der Waals surface area contributed by atoms with E-state index in [1.165, 1.54) is 21.8 Å². The number of rotatable bonds is 2. The zero-order valence-electron chi connectivity index (χ0n) is 12.5. The second kappa shape index (κ2) is 4.74. The number of thiazole rings is 1. The third-order valence-electron chi connectivity index (χ3n) is 5.85. The first-order valence-corrected chi connectivity index (χ1v) is 8.96. The molecule has 4 nitrogen and oxygen atoms in total. The zero-order chi connectivity index (χ0) is 15.6. The van der Waals surface area contributed by atoms with Crippen molar-refractivity contribution in [3.8, 4) is 0 Å². The van der Waals surface area contributed by atoms with Gasteiger partial charge in [0.15, 0.2) is 5.13 Å². The van der Waals surface area contributed by atoms with Crippen molar-refractivity contribution in [3.63, 3.8) is 0 Å². The molecule has 2 heterocycles. The van der Waals surface area contributed by atoms with E-state index in [0.717, 1.165) is 12.8 Å². The molecule has 1 aliphatic heterocycles. The van der Waals surface area contributed by atoms with E-state index in [2.05, 4.69) is 29.2 Å². The third-order valence-corrected chi connectivity index (χ3v) is 6.61. The number of fused-ring (bicyclic) bond motifs is 5. The summed E-state index contributed by atoms with van der Waals surface area (Å²) in [5.41, 5.74) is 1.31. The number of hydrogen-bond donors (Lipinski definition) is 0. The Morgan fingerprint density at radius 3 is 2.57 bits per heavy atom. The lowest BCUT2D eigenvalue weighted by Gasteiger charge is -2.28. The maximum Gasteiger partial charge on any atom is 0.239 e. The predicted octanol–water partition coefficient (Wildman–Crippen LogP) is 3.07. The Labute approximate surface area is 138 Å². The molecule has 1 aromatic heterocycles. The molecule has 23 heavy (non-hydrogen) atoms. The van der Waals surface area contributed by atoms with E-state index in [0.29, 0.717) is 22.9 Å². The van der Waals surface area contributed by atoms with Crippen LogP contribution in [-0.2, 0) is 9.59 Å². The SMILES string of the molecule is O=C1[C@@H]2[C@@H]3C[C@@H]([C@@H]2C(=O)N1c1nccs1)[C@@H](c1ccccc1)C3. The van der Waals surface area contributed by atoms with Gasteiger partial charge in [0.05, 0.1) is 11.8 Å². The van der Waals surface area contributed by atoms with Crippen LogP contribution in [0.15, 0.2) is 41.9 Å². The second-order valence-electron chi connectivity index (χ2n) is 6.79. The average molecular weight is 324 g/mol. The van der Waals surface area contributed by atoms with Crippen LogP contribution < -0.4 is 4.90 Å². The van der Waals surface area contributed by atoms with E-state index in [1.54, 1.807) is 6.20 Å². The first kappa shape index (κ1) is 13.4. The topological polar surface area (TPSA) is 50.3 Å². The van der Waals surface area contributed by atoms with Crippen LogP contribution in [0.4, 0.5) is 5.13 Å². The van der Waals surface area contributed by atoms with Crippen LogP contribution in [0.1, 0.15) is 24.3 Å². The summed E-state index contributed by atoms with van der Waals surface area (Å²) in [6, 6.07) is 10.4. The van der Waals surface area contributed by atoms with Gasteiger partial charge in [0.1, 0.15) is 0 Å². The third kappa shape index (κ3) is 1.74. The molecule has 0 spiro atoms. The highest BCUT2D eigenvalue weighted by atomic mass is 32.1. The van der Waals surface area contributed by atoms with Crippen LogP contribution in [0.5, 0.6) is 0 Å². The highest BCUT2D eigenvalue weighted by Gasteiger charge is 2.64. The fourth-order valence-corrected chi connectivity index (χ4v) is 5.71. The number of benzene rings is 1. The average Bonchev–Trinajstić information content (AvgIpc) is 3.32. The van der Waals surface area contributed by atoms with Crippen molar-refractivity contribution in [2.75, 3.05) is 4.90 Å². The van der Waals surface area contributed by atoms with Crippen LogP contribution >= 0.6 is 11.3 Å². The quantitative estimate of drug-likeness (QED) is 0.798. The first-order chi connectivity index (χ1) is 11.3. The Morgan fingerprint density at radius 2 is 1.83 bits per heavy atom. The van der Waals surface area contributed by atoms with Gasteiger partial charge in [-0.25, -0.2) is 9.88 Å². The Morgan fingerprint density at radius 1 is 1.04 bits per heavy atom. The number of amides is 2. The summed E-state index contributed by atoms with van der Waals surface area (Å²) in [5.74, 6) is 0.754. The Balaban J connectivity index is 1.51. The normalized spacial score (nSPS) is 35.1. The Bertz CT molecular complexity index is 774. The van der Waals surface area contributed by atoms with Gasteiger partial charge in [-0.15, -0.1) is 11.3 Å². The highest BCUT2D eigenvalue weighted by molar-refractivity contribution is 7.14. The number of anilines is 1. The molecule has 116 valence electrons. The van der Waals surface area contributed by atoms with Gasteiger partial charge in [-0.1, -0.05) is 30.3 Å². The molecule has 0 N–H and O–H groups in total. The van der Waals surface area contributed by atoms with E-state index >= 15 is 0 Å². The molecule has 0 radical (unpaired) electrons. The lowest BCUT2D eigenvalue weighted by Crippen LogP contribution is -2.32. The van der Waals surface area contributed by atoms with Crippen LogP contribution in [0.2, 0.25) is 0 Å². The van der Waals surface area contributed by atoms with Gasteiger partial charge in [0.25, 0.3) is 0 Å². The highest BCUT2D eigenvalue weighted by Crippen LogP contribution is 2.61. The van der Waals surface area contributed by atoms with E-state index in [-0.39, 0.29) is 23.7 Å². The fourth-order valence-electron chi connectivity index (χ4n) is 5.06. The summed E-state index contributed by atoms with van der Waals surface area (Å²) < 4.78 is 0. The van der Waals surface area contributed by atoms with Gasteiger partial charge in [0.2, 0.25) is 11.8 Å². The van der Waals surface area contributed by atoms with Crippen molar-refractivity contribution >= 4 is 28.3 Å². The molecule has 2 saturated carbocycles. The van der Waals surface area contributed by atoms with Gasteiger partial charge in [0, 0.05) is 11.6 Å². The minimum atomic E-state index is -0.143. The molecule has 3 fully saturated rings. The molecule has 2 amide bonds. The smallest absolute Gasteiger partial charge is 0.239 e. The number of aromatic nitrogens is 1. The van der Waals surface area contributed by atoms with Gasteiger partial charge >= 0.3 is 0 Å². The van der Waals surface area contributed by atoms with Crippen molar-refractivity contribution < 1.29 is 9.59 Å². The van der Waals surface area contributed by atoms with Crippen LogP contribution in [0, 0.1) is 23.7 Å².